The van der Waals surface area contributed by atoms with Crippen molar-refractivity contribution in [3.63, 3.8) is 0 Å². The molecule has 1 aromatic carbocycles. The molecule has 0 saturated heterocycles. The molecule has 0 atom stereocenters. The number of hydrogen-bond donors (Lipinski definition) is 1. The van der Waals surface area contributed by atoms with E-state index in [1.165, 1.54) is 0 Å². The van der Waals surface area contributed by atoms with Crippen LogP contribution in [0.3, 0.4) is 0 Å². The van der Waals surface area contributed by atoms with E-state index in [2.05, 4.69) is 23.3 Å². The molecular formula is C16H13N3O. The zero-order valence-corrected chi connectivity index (χ0v) is 11.1. The van der Waals surface area contributed by atoms with Crippen molar-refractivity contribution in [1.82, 2.24) is 4.98 Å². The van der Waals surface area contributed by atoms with Crippen molar-refractivity contribution < 1.29 is 4.42 Å². The van der Waals surface area contributed by atoms with Gasteiger partial charge in [0.2, 0.25) is 0 Å². The lowest BCUT2D eigenvalue weighted by molar-refractivity contribution is 0.615. The van der Waals surface area contributed by atoms with Gasteiger partial charge in [0.25, 0.3) is 0 Å². The van der Waals surface area contributed by atoms with Crippen molar-refractivity contribution in [2.24, 2.45) is 0 Å². The van der Waals surface area contributed by atoms with Crippen LogP contribution in [-0.2, 0) is 6.42 Å². The van der Waals surface area contributed by atoms with E-state index in [9.17, 15) is 0 Å². The second kappa shape index (κ2) is 5.06. The van der Waals surface area contributed by atoms with Gasteiger partial charge in [-0.15, -0.1) is 0 Å². The van der Waals surface area contributed by atoms with Crippen molar-refractivity contribution in [3.8, 4) is 6.07 Å². The number of fused-ring (bicyclic) bond motifs is 1. The van der Waals surface area contributed by atoms with Crippen LogP contribution in [0.15, 0.2) is 47.3 Å². The first-order valence-electron chi connectivity index (χ1n) is 6.43. The van der Waals surface area contributed by atoms with Crippen LogP contribution in [-0.4, -0.2) is 4.98 Å². The summed E-state index contributed by atoms with van der Waals surface area (Å²) < 4.78 is 5.46. The number of benzene rings is 1. The number of nitrogens with one attached hydrogen (secondary N) is 1. The molecule has 0 fully saturated rings. The van der Waals surface area contributed by atoms with Crippen LogP contribution >= 0.6 is 0 Å². The summed E-state index contributed by atoms with van der Waals surface area (Å²) in [6, 6.07) is 9.72. The number of rotatable bonds is 3. The number of nitriles is 1. The summed E-state index contributed by atoms with van der Waals surface area (Å²) >= 11 is 0. The molecule has 1 N–H and O–H groups in total. The van der Waals surface area contributed by atoms with Gasteiger partial charge in [0.05, 0.1) is 23.5 Å². The first-order valence-corrected chi connectivity index (χ1v) is 6.43. The van der Waals surface area contributed by atoms with Gasteiger partial charge in [-0.25, -0.2) is 0 Å². The van der Waals surface area contributed by atoms with Crippen LogP contribution in [0.1, 0.15) is 18.1 Å². The Morgan fingerprint density at radius 2 is 2.20 bits per heavy atom. The first kappa shape index (κ1) is 12.2. The van der Waals surface area contributed by atoms with Crippen LogP contribution in [0.25, 0.3) is 11.0 Å². The van der Waals surface area contributed by atoms with E-state index in [1.54, 1.807) is 18.7 Å². The molecule has 4 nitrogen and oxygen atoms in total. The minimum atomic E-state index is 0.675. The van der Waals surface area contributed by atoms with Crippen molar-refractivity contribution in [2.45, 2.75) is 13.3 Å². The van der Waals surface area contributed by atoms with Gasteiger partial charge in [-0.05, 0) is 36.2 Å². The lowest BCUT2D eigenvalue weighted by Crippen LogP contribution is -1.95. The molecule has 0 radical (unpaired) electrons. The molecule has 3 rings (SSSR count). The maximum Gasteiger partial charge on any atom is 0.154 e. The number of hydrogen-bond acceptors (Lipinski definition) is 4. The summed E-state index contributed by atoms with van der Waals surface area (Å²) in [6.07, 6.45) is 5.97. The average Bonchev–Trinajstić information content (AvgIpc) is 2.91. The molecular weight excluding hydrogens is 250 g/mol. The fourth-order valence-corrected chi connectivity index (χ4v) is 2.20. The highest BCUT2D eigenvalue weighted by atomic mass is 16.3. The zero-order chi connectivity index (χ0) is 13.9. The van der Waals surface area contributed by atoms with Crippen LogP contribution in [0.5, 0.6) is 0 Å². The third-order valence-electron chi connectivity index (χ3n) is 3.26. The summed E-state index contributed by atoms with van der Waals surface area (Å²) in [5.74, 6) is 0. The van der Waals surface area contributed by atoms with E-state index in [0.717, 1.165) is 34.3 Å². The first-order chi connectivity index (χ1) is 9.81. The van der Waals surface area contributed by atoms with Crippen LogP contribution < -0.4 is 5.32 Å². The van der Waals surface area contributed by atoms with Crippen molar-refractivity contribution >= 4 is 22.3 Å². The number of aryl methyl sites for hydroxylation is 1. The van der Waals surface area contributed by atoms with Crippen molar-refractivity contribution in [2.75, 3.05) is 5.32 Å². The van der Waals surface area contributed by atoms with Gasteiger partial charge < -0.3 is 9.73 Å². The topological polar surface area (TPSA) is 61.9 Å². The van der Waals surface area contributed by atoms with Gasteiger partial charge in [0.15, 0.2) is 5.58 Å². The molecule has 3 aromatic rings. The molecule has 0 amide bonds. The Balaban J connectivity index is 2.01. The number of aromatic nitrogens is 1. The van der Waals surface area contributed by atoms with Gasteiger partial charge in [-0.2, -0.15) is 5.26 Å². The third kappa shape index (κ3) is 2.10. The molecule has 0 saturated carbocycles. The SMILES string of the molecule is CCc1cc(C#N)ccc1Nc1coc2cnccc12. The lowest BCUT2D eigenvalue weighted by Gasteiger charge is -2.10. The fraction of sp³-hybridized carbons (Fsp3) is 0.125. The molecule has 20 heavy (non-hydrogen) atoms. The summed E-state index contributed by atoms with van der Waals surface area (Å²) in [5, 5.41) is 13.3. The molecule has 4 heteroatoms. The number of nitrogens with zero attached hydrogens (tertiary/aromatic N) is 2. The Morgan fingerprint density at radius 3 is 3.00 bits per heavy atom. The largest absolute Gasteiger partial charge is 0.460 e. The van der Waals surface area contributed by atoms with E-state index in [-0.39, 0.29) is 0 Å². The Bertz CT molecular complexity index is 799. The maximum absolute atomic E-state index is 8.95. The lowest BCUT2D eigenvalue weighted by atomic mass is 10.1. The predicted molar refractivity (Wildman–Crippen MR) is 77.8 cm³/mol. The van der Waals surface area contributed by atoms with Gasteiger partial charge in [0.1, 0.15) is 6.26 Å². The highest BCUT2D eigenvalue weighted by Gasteiger charge is 2.08. The van der Waals surface area contributed by atoms with E-state index in [4.69, 9.17) is 9.68 Å². The number of furan rings is 1. The molecule has 98 valence electrons. The predicted octanol–water partition coefficient (Wildman–Crippen LogP) is 4.01. The normalized spacial score (nSPS) is 10.4. The van der Waals surface area contributed by atoms with E-state index < -0.39 is 0 Å². The summed E-state index contributed by atoms with van der Waals surface area (Å²) in [6.45, 7) is 2.07. The smallest absolute Gasteiger partial charge is 0.154 e. The summed E-state index contributed by atoms with van der Waals surface area (Å²) in [7, 11) is 0. The number of pyridine rings is 1. The standard InChI is InChI=1S/C16H13N3O/c1-2-12-7-11(8-17)3-4-14(12)19-15-10-20-16-9-18-6-5-13(15)16/h3-7,9-10,19H,2H2,1H3. The molecule has 0 spiro atoms. The van der Waals surface area contributed by atoms with E-state index >= 15 is 0 Å². The molecule has 0 aliphatic carbocycles. The van der Waals surface area contributed by atoms with Gasteiger partial charge in [0, 0.05) is 17.3 Å². The quantitative estimate of drug-likeness (QED) is 0.775. The molecule has 0 aliphatic rings. The summed E-state index contributed by atoms with van der Waals surface area (Å²) in [5.41, 5.74) is 4.43. The van der Waals surface area contributed by atoms with E-state index in [1.807, 2.05) is 24.3 Å². The molecule has 0 aliphatic heterocycles. The minimum Gasteiger partial charge on any atom is -0.460 e. The summed E-state index contributed by atoms with van der Waals surface area (Å²) in [4.78, 5) is 4.03. The Labute approximate surface area is 116 Å². The minimum absolute atomic E-state index is 0.675. The molecule has 2 heterocycles. The third-order valence-corrected chi connectivity index (χ3v) is 3.26. The molecule has 2 aromatic heterocycles. The van der Waals surface area contributed by atoms with Gasteiger partial charge in [-0.1, -0.05) is 6.92 Å². The zero-order valence-electron chi connectivity index (χ0n) is 11.1. The second-order valence-electron chi connectivity index (χ2n) is 4.48. The molecule has 0 unspecified atom stereocenters. The van der Waals surface area contributed by atoms with Gasteiger partial charge in [-0.3, -0.25) is 4.98 Å². The van der Waals surface area contributed by atoms with Crippen molar-refractivity contribution in [3.05, 3.63) is 54.0 Å². The van der Waals surface area contributed by atoms with Crippen LogP contribution in [0.4, 0.5) is 11.4 Å². The average molecular weight is 263 g/mol. The Kier molecular flexibility index (Phi) is 3.10. The maximum atomic E-state index is 8.95. The van der Waals surface area contributed by atoms with Crippen LogP contribution in [0.2, 0.25) is 0 Å². The Morgan fingerprint density at radius 1 is 1.30 bits per heavy atom. The second-order valence-corrected chi connectivity index (χ2v) is 4.48. The van der Waals surface area contributed by atoms with Crippen LogP contribution in [0, 0.1) is 11.3 Å². The fourth-order valence-electron chi connectivity index (χ4n) is 2.20. The van der Waals surface area contributed by atoms with E-state index in [0.29, 0.717) is 5.56 Å². The Hall–Kier alpha value is -2.80. The monoisotopic (exact) mass is 263 g/mol. The van der Waals surface area contributed by atoms with Crippen molar-refractivity contribution in [1.29, 1.82) is 5.26 Å². The number of anilines is 2. The highest BCUT2D eigenvalue weighted by molar-refractivity contribution is 5.92. The van der Waals surface area contributed by atoms with Gasteiger partial charge >= 0.3 is 0 Å². The molecule has 0 bridgehead atoms. The highest BCUT2D eigenvalue weighted by Crippen LogP contribution is 2.29.